The fourth-order valence-electron chi connectivity index (χ4n) is 3.51. The highest BCUT2D eigenvalue weighted by Gasteiger charge is 2.16. The van der Waals surface area contributed by atoms with Crippen LogP contribution in [0.15, 0.2) is 84.9 Å². The molecule has 4 rings (SSSR count). The molecule has 0 bridgehead atoms. The first kappa shape index (κ1) is 19.5. The number of ether oxygens (including phenoxy) is 2. The lowest BCUT2D eigenvalue weighted by molar-refractivity contribution is 0.0989. The zero-order valence-corrected chi connectivity index (χ0v) is 16.7. The van der Waals surface area contributed by atoms with Crippen molar-refractivity contribution in [1.29, 1.82) is 0 Å². The maximum absolute atomic E-state index is 12.9. The Morgan fingerprint density at radius 3 is 2.43 bits per heavy atom. The Kier molecular flexibility index (Phi) is 5.66. The molecule has 0 aliphatic rings. The predicted octanol–water partition coefficient (Wildman–Crippen LogP) is 5.56. The summed E-state index contributed by atoms with van der Waals surface area (Å²) in [6.45, 7) is 0.391. The summed E-state index contributed by atoms with van der Waals surface area (Å²) in [4.78, 5) is 12.9. The molecule has 30 heavy (non-hydrogen) atoms. The fraction of sp³-hybridized carbons (Fsp3) is 0.115. The zero-order chi connectivity index (χ0) is 20.9. The summed E-state index contributed by atoms with van der Waals surface area (Å²) >= 11 is 0. The standard InChI is InChI=1S/C26H22O4/c1-29-26-20(12-11-19-9-5-6-10-22(19)26)15-24(27)23-14-13-21(16-25(23)28)30-17-18-7-3-2-4-8-18/h2-14,16,28H,15,17H2,1H3. The van der Waals surface area contributed by atoms with Gasteiger partial charge in [-0.1, -0.05) is 66.7 Å². The Balaban J connectivity index is 1.52. The molecule has 0 saturated carbocycles. The summed E-state index contributed by atoms with van der Waals surface area (Å²) in [5.74, 6) is 0.918. The van der Waals surface area contributed by atoms with Crippen molar-refractivity contribution >= 4 is 16.6 Å². The lowest BCUT2D eigenvalue weighted by Crippen LogP contribution is -2.06. The van der Waals surface area contributed by atoms with E-state index < -0.39 is 0 Å². The Labute approximate surface area is 175 Å². The van der Waals surface area contributed by atoms with Crippen molar-refractivity contribution < 1.29 is 19.4 Å². The molecule has 0 saturated heterocycles. The van der Waals surface area contributed by atoms with Crippen LogP contribution in [0.3, 0.4) is 0 Å². The first-order valence-corrected chi connectivity index (χ1v) is 9.73. The van der Waals surface area contributed by atoms with E-state index in [4.69, 9.17) is 9.47 Å². The van der Waals surface area contributed by atoms with Gasteiger partial charge in [0.25, 0.3) is 0 Å². The molecule has 0 heterocycles. The Hall–Kier alpha value is -3.79. The molecule has 0 amide bonds. The topological polar surface area (TPSA) is 55.8 Å². The summed E-state index contributed by atoms with van der Waals surface area (Å²) in [6.07, 6.45) is 0.131. The second-order valence-corrected chi connectivity index (χ2v) is 7.03. The van der Waals surface area contributed by atoms with Gasteiger partial charge in [-0.05, 0) is 23.1 Å². The number of methoxy groups -OCH3 is 1. The highest BCUT2D eigenvalue weighted by Crippen LogP contribution is 2.32. The molecule has 4 heteroatoms. The number of Topliss-reactive ketones (excluding diaryl/α,β-unsaturated/α-hetero) is 1. The van der Waals surface area contributed by atoms with E-state index in [1.54, 1.807) is 19.2 Å². The molecular formula is C26H22O4. The smallest absolute Gasteiger partial charge is 0.171 e. The Morgan fingerprint density at radius 1 is 0.900 bits per heavy atom. The van der Waals surface area contributed by atoms with Crippen molar-refractivity contribution in [2.75, 3.05) is 7.11 Å². The van der Waals surface area contributed by atoms with E-state index in [1.165, 1.54) is 6.07 Å². The largest absolute Gasteiger partial charge is 0.507 e. The van der Waals surface area contributed by atoms with E-state index in [1.807, 2.05) is 66.7 Å². The lowest BCUT2D eigenvalue weighted by atomic mass is 9.98. The van der Waals surface area contributed by atoms with Gasteiger partial charge in [0.15, 0.2) is 5.78 Å². The molecule has 0 radical (unpaired) electrons. The van der Waals surface area contributed by atoms with Gasteiger partial charge in [-0.25, -0.2) is 0 Å². The number of hydrogen-bond donors (Lipinski definition) is 1. The number of fused-ring (bicyclic) bond motifs is 1. The molecule has 4 nitrogen and oxygen atoms in total. The maximum Gasteiger partial charge on any atom is 0.171 e. The average molecular weight is 398 g/mol. The molecule has 0 atom stereocenters. The van der Waals surface area contributed by atoms with Gasteiger partial charge in [0.05, 0.1) is 12.7 Å². The van der Waals surface area contributed by atoms with Crippen LogP contribution in [0, 0.1) is 0 Å². The van der Waals surface area contributed by atoms with Gasteiger partial charge in [-0.2, -0.15) is 0 Å². The third-order valence-corrected chi connectivity index (χ3v) is 5.03. The van der Waals surface area contributed by atoms with Crippen molar-refractivity contribution in [3.05, 3.63) is 102 Å². The summed E-state index contributed by atoms with van der Waals surface area (Å²) in [7, 11) is 1.60. The van der Waals surface area contributed by atoms with Gasteiger partial charge in [-0.15, -0.1) is 0 Å². The van der Waals surface area contributed by atoms with Crippen LogP contribution >= 0.6 is 0 Å². The van der Waals surface area contributed by atoms with E-state index in [-0.39, 0.29) is 23.5 Å². The van der Waals surface area contributed by atoms with Crippen LogP contribution in [-0.4, -0.2) is 18.0 Å². The molecule has 0 unspecified atom stereocenters. The molecule has 0 spiro atoms. The molecule has 4 aromatic rings. The molecule has 1 N–H and O–H groups in total. The summed E-state index contributed by atoms with van der Waals surface area (Å²) in [5, 5.41) is 12.4. The summed E-state index contributed by atoms with van der Waals surface area (Å²) < 4.78 is 11.3. The minimum Gasteiger partial charge on any atom is -0.507 e. The quantitative estimate of drug-likeness (QED) is 0.414. The van der Waals surface area contributed by atoms with E-state index >= 15 is 0 Å². The van der Waals surface area contributed by atoms with Gasteiger partial charge in [0, 0.05) is 23.4 Å². The van der Waals surface area contributed by atoms with Crippen molar-refractivity contribution in [1.82, 2.24) is 0 Å². The normalized spacial score (nSPS) is 10.7. The van der Waals surface area contributed by atoms with Crippen LogP contribution in [0.4, 0.5) is 0 Å². The monoisotopic (exact) mass is 398 g/mol. The lowest BCUT2D eigenvalue weighted by Gasteiger charge is -2.12. The maximum atomic E-state index is 12.9. The van der Waals surface area contributed by atoms with Gasteiger partial charge in [0.2, 0.25) is 0 Å². The summed E-state index contributed by atoms with van der Waals surface area (Å²) in [6, 6.07) is 26.3. The highest BCUT2D eigenvalue weighted by atomic mass is 16.5. The van der Waals surface area contributed by atoms with Crippen molar-refractivity contribution in [3.63, 3.8) is 0 Å². The van der Waals surface area contributed by atoms with Crippen LogP contribution in [0.1, 0.15) is 21.5 Å². The number of ketones is 1. The number of phenolic OH excluding ortho intramolecular Hbond substituents is 1. The average Bonchev–Trinajstić information content (AvgIpc) is 2.78. The zero-order valence-electron chi connectivity index (χ0n) is 16.7. The van der Waals surface area contributed by atoms with Crippen LogP contribution in [0.25, 0.3) is 10.8 Å². The third-order valence-electron chi connectivity index (χ3n) is 5.03. The number of carbonyl (C=O) groups is 1. The fourth-order valence-corrected chi connectivity index (χ4v) is 3.51. The summed E-state index contributed by atoms with van der Waals surface area (Å²) in [5.41, 5.74) is 2.07. The third kappa shape index (κ3) is 4.13. The molecular weight excluding hydrogens is 376 g/mol. The number of carbonyl (C=O) groups excluding carboxylic acids is 1. The molecule has 0 aliphatic carbocycles. The molecule has 0 aliphatic heterocycles. The number of benzene rings is 4. The van der Waals surface area contributed by atoms with Crippen molar-refractivity contribution in [2.45, 2.75) is 13.0 Å². The molecule has 4 aromatic carbocycles. The first-order chi connectivity index (χ1) is 14.7. The Morgan fingerprint density at radius 2 is 1.67 bits per heavy atom. The Bertz CT molecular complexity index is 1180. The number of aromatic hydroxyl groups is 1. The molecule has 150 valence electrons. The van der Waals surface area contributed by atoms with Crippen LogP contribution in [0.2, 0.25) is 0 Å². The first-order valence-electron chi connectivity index (χ1n) is 9.73. The van der Waals surface area contributed by atoms with Gasteiger partial charge in [-0.3, -0.25) is 4.79 Å². The second-order valence-electron chi connectivity index (χ2n) is 7.03. The van der Waals surface area contributed by atoms with Crippen molar-refractivity contribution in [3.8, 4) is 17.2 Å². The number of rotatable bonds is 7. The highest BCUT2D eigenvalue weighted by molar-refractivity contribution is 6.01. The van der Waals surface area contributed by atoms with E-state index in [9.17, 15) is 9.90 Å². The second kappa shape index (κ2) is 8.70. The van der Waals surface area contributed by atoms with Crippen LogP contribution in [0.5, 0.6) is 17.2 Å². The molecule has 0 fully saturated rings. The van der Waals surface area contributed by atoms with Crippen molar-refractivity contribution in [2.24, 2.45) is 0 Å². The van der Waals surface area contributed by atoms with E-state index in [0.29, 0.717) is 18.1 Å². The van der Waals surface area contributed by atoms with Gasteiger partial charge >= 0.3 is 0 Å². The van der Waals surface area contributed by atoms with Gasteiger partial charge < -0.3 is 14.6 Å². The van der Waals surface area contributed by atoms with Gasteiger partial charge in [0.1, 0.15) is 23.9 Å². The van der Waals surface area contributed by atoms with Crippen LogP contribution in [-0.2, 0) is 13.0 Å². The van der Waals surface area contributed by atoms with Crippen LogP contribution < -0.4 is 9.47 Å². The van der Waals surface area contributed by atoms with E-state index in [0.717, 1.165) is 21.9 Å². The SMILES string of the molecule is COc1c(CC(=O)c2ccc(OCc3ccccc3)cc2O)ccc2ccccc12. The minimum absolute atomic E-state index is 0.0923. The molecule has 0 aromatic heterocycles. The van der Waals surface area contributed by atoms with E-state index in [2.05, 4.69) is 0 Å². The predicted molar refractivity (Wildman–Crippen MR) is 117 cm³/mol. The number of hydrogen-bond acceptors (Lipinski definition) is 4. The minimum atomic E-state index is -0.185. The number of phenols is 1.